The highest BCUT2D eigenvalue weighted by molar-refractivity contribution is 7.16. The van der Waals surface area contributed by atoms with Gasteiger partial charge in [-0.2, -0.15) is 0 Å². The van der Waals surface area contributed by atoms with Crippen molar-refractivity contribution in [2.45, 2.75) is 13.5 Å². The van der Waals surface area contributed by atoms with E-state index in [-0.39, 0.29) is 18.1 Å². The van der Waals surface area contributed by atoms with Crippen LogP contribution in [0.25, 0.3) is 22.3 Å². The first kappa shape index (κ1) is 18.5. The molecule has 0 saturated carbocycles. The molecule has 142 valence electrons. The number of para-hydroxylation sites is 2. The summed E-state index contributed by atoms with van der Waals surface area (Å²) in [6.45, 7) is 1.88. The second-order valence-electron chi connectivity index (χ2n) is 6.40. The zero-order valence-electron chi connectivity index (χ0n) is 15.3. The third-order valence-corrected chi connectivity index (χ3v) is 5.65. The minimum absolute atomic E-state index is 0.0743. The summed E-state index contributed by atoms with van der Waals surface area (Å²) < 4.78 is 3.00. The molecule has 0 unspecified atom stereocenters. The smallest absolute Gasteiger partial charge is 0.300 e. The van der Waals surface area contributed by atoms with Crippen LogP contribution in [-0.4, -0.2) is 20.0 Å². The van der Waals surface area contributed by atoms with Gasteiger partial charge in [0.1, 0.15) is 6.54 Å². The molecule has 4 aromatic rings. The average molecular weight is 413 g/mol. The lowest BCUT2D eigenvalue weighted by Crippen LogP contribution is -2.28. The van der Waals surface area contributed by atoms with Crippen LogP contribution in [0.5, 0.6) is 0 Å². The van der Waals surface area contributed by atoms with Crippen molar-refractivity contribution >= 4 is 45.0 Å². The molecular weight excluding hydrogens is 396 g/mol. The molecule has 2 aromatic heterocycles. The molecule has 6 nitrogen and oxygen atoms in total. The normalized spacial score (nSPS) is 11.1. The average Bonchev–Trinajstić information content (AvgIpc) is 3.15. The Morgan fingerprint density at radius 3 is 2.54 bits per heavy atom. The number of anilines is 1. The zero-order valence-corrected chi connectivity index (χ0v) is 16.8. The van der Waals surface area contributed by atoms with E-state index in [0.717, 1.165) is 27.2 Å². The van der Waals surface area contributed by atoms with Gasteiger partial charge >= 0.3 is 5.69 Å². The third kappa shape index (κ3) is 3.34. The predicted molar refractivity (Wildman–Crippen MR) is 113 cm³/mol. The molecule has 28 heavy (non-hydrogen) atoms. The van der Waals surface area contributed by atoms with Crippen LogP contribution in [-0.2, 0) is 18.4 Å². The van der Waals surface area contributed by atoms with Crippen LogP contribution in [0, 0.1) is 6.92 Å². The molecule has 0 fully saturated rings. The maximum atomic E-state index is 12.6. The summed E-state index contributed by atoms with van der Waals surface area (Å²) in [7, 11) is 1.70. The number of amides is 1. The SMILES string of the molecule is Cc1sc(NC(=O)Cn2c(=O)n(C)c3ccccc32)nc1-c1ccc(Cl)cc1. The Morgan fingerprint density at radius 1 is 1.14 bits per heavy atom. The molecule has 4 rings (SSSR count). The standard InChI is InChI=1S/C20H17ClN4O2S/c1-12-18(13-7-9-14(21)10-8-13)23-19(28-12)22-17(26)11-25-16-6-4-3-5-15(16)24(2)20(25)27/h3-10H,11H2,1-2H3,(H,22,23,26). The highest BCUT2D eigenvalue weighted by atomic mass is 35.5. The first-order chi connectivity index (χ1) is 13.4. The number of aryl methyl sites for hydroxylation is 2. The van der Waals surface area contributed by atoms with E-state index in [2.05, 4.69) is 10.3 Å². The van der Waals surface area contributed by atoms with Gasteiger partial charge in [-0.15, -0.1) is 11.3 Å². The van der Waals surface area contributed by atoms with Crippen molar-refractivity contribution in [2.75, 3.05) is 5.32 Å². The highest BCUT2D eigenvalue weighted by Crippen LogP contribution is 2.31. The number of imidazole rings is 1. The fourth-order valence-electron chi connectivity index (χ4n) is 3.14. The number of halogens is 1. The lowest BCUT2D eigenvalue weighted by molar-refractivity contribution is -0.116. The Kier molecular flexibility index (Phi) is 4.78. The van der Waals surface area contributed by atoms with E-state index in [9.17, 15) is 9.59 Å². The van der Waals surface area contributed by atoms with Crippen LogP contribution in [0.2, 0.25) is 5.02 Å². The van der Waals surface area contributed by atoms with Crippen molar-refractivity contribution in [1.29, 1.82) is 0 Å². The van der Waals surface area contributed by atoms with E-state index in [1.54, 1.807) is 19.2 Å². The molecule has 0 aliphatic carbocycles. The summed E-state index contributed by atoms with van der Waals surface area (Å²) >= 11 is 7.34. The van der Waals surface area contributed by atoms with E-state index in [4.69, 9.17) is 11.6 Å². The second kappa shape index (κ2) is 7.26. The number of thiazole rings is 1. The Hall–Kier alpha value is -2.90. The number of nitrogens with zero attached hydrogens (tertiary/aromatic N) is 3. The molecular formula is C20H17ClN4O2S. The number of carbonyl (C=O) groups is 1. The molecule has 0 saturated heterocycles. The fourth-order valence-corrected chi connectivity index (χ4v) is 4.12. The van der Waals surface area contributed by atoms with Crippen molar-refractivity contribution in [3.8, 4) is 11.3 Å². The Morgan fingerprint density at radius 2 is 1.82 bits per heavy atom. The zero-order chi connectivity index (χ0) is 19.8. The molecule has 0 bridgehead atoms. The van der Waals surface area contributed by atoms with Gasteiger partial charge in [0.15, 0.2) is 5.13 Å². The number of hydrogen-bond donors (Lipinski definition) is 1. The number of nitrogens with one attached hydrogen (secondary N) is 1. The molecule has 0 atom stereocenters. The van der Waals surface area contributed by atoms with Gasteiger partial charge in [-0.05, 0) is 31.2 Å². The molecule has 1 N–H and O–H groups in total. The monoisotopic (exact) mass is 412 g/mol. The summed E-state index contributed by atoms with van der Waals surface area (Å²) in [5.74, 6) is -0.296. The maximum Gasteiger partial charge on any atom is 0.329 e. The minimum Gasteiger partial charge on any atom is -0.300 e. The quantitative estimate of drug-likeness (QED) is 0.549. The Balaban J connectivity index is 1.57. The summed E-state index contributed by atoms with van der Waals surface area (Å²) in [5, 5.41) is 3.97. The van der Waals surface area contributed by atoms with Crippen molar-refractivity contribution in [1.82, 2.24) is 14.1 Å². The van der Waals surface area contributed by atoms with E-state index < -0.39 is 0 Å². The molecule has 2 aromatic carbocycles. The van der Waals surface area contributed by atoms with Gasteiger partial charge < -0.3 is 5.32 Å². The first-order valence-electron chi connectivity index (χ1n) is 8.61. The summed E-state index contributed by atoms with van der Waals surface area (Å²) in [5.41, 5.74) is 3.02. The predicted octanol–water partition coefficient (Wildman–Crippen LogP) is 4.06. The van der Waals surface area contributed by atoms with Crippen molar-refractivity contribution in [3.05, 3.63) is 68.9 Å². The lowest BCUT2D eigenvalue weighted by atomic mass is 10.1. The molecule has 0 spiro atoms. The Labute approximate surface area is 170 Å². The van der Waals surface area contributed by atoms with Crippen LogP contribution < -0.4 is 11.0 Å². The molecule has 1 amide bonds. The van der Waals surface area contributed by atoms with Crippen molar-refractivity contribution in [2.24, 2.45) is 7.05 Å². The van der Waals surface area contributed by atoms with Gasteiger partial charge in [-0.1, -0.05) is 35.9 Å². The number of fused-ring (bicyclic) bond motifs is 1. The van der Waals surface area contributed by atoms with Gasteiger partial charge in [0.2, 0.25) is 5.91 Å². The van der Waals surface area contributed by atoms with Gasteiger partial charge in [0.05, 0.1) is 16.7 Å². The van der Waals surface area contributed by atoms with Gasteiger partial charge in [0, 0.05) is 22.5 Å². The van der Waals surface area contributed by atoms with E-state index in [1.165, 1.54) is 20.5 Å². The summed E-state index contributed by atoms with van der Waals surface area (Å²) in [4.78, 5) is 30.5. The fraction of sp³-hybridized carbons (Fsp3) is 0.150. The van der Waals surface area contributed by atoms with Crippen LogP contribution >= 0.6 is 22.9 Å². The number of rotatable bonds is 4. The summed E-state index contributed by atoms with van der Waals surface area (Å²) in [6, 6.07) is 14.8. The van der Waals surface area contributed by atoms with Crippen molar-refractivity contribution in [3.63, 3.8) is 0 Å². The Bertz CT molecular complexity index is 1240. The third-order valence-electron chi connectivity index (χ3n) is 4.51. The summed E-state index contributed by atoms with van der Waals surface area (Å²) in [6.07, 6.45) is 0. The number of carbonyl (C=O) groups excluding carboxylic acids is 1. The van der Waals surface area contributed by atoms with Crippen LogP contribution in [0.3, 0.4) is 0 Å². The number of hydrogen-bond acceptors (Lipinski definition) is 4. The molecule has 0 aliphatic heterocycles. The van der Waals surface area contributed by atoms with Crippen LogP contribution in [0.4, 0.5) is 5.13 Å². The minimum atomic E-state index is -0.296. The lowest BCUT2D eigenvalue weighted by Gasteiger charge is -2.03. The van der Waals surface area contributed by atoms with E-state index in [1.807, 2.05) is 43.3 Å². The largest absolute Gasteiger partial charge is 0.329 e. The first-order valence-corrected chi connectivity index (χ1v) is 9.81. The maximum absolute atomic E-state index is 12.6. The van der Waals surface area contributed by atoms with Gasteiger partial charge in [-0.25, -0.2) is 9.78 Å². The van der Waals surface area contributed by atoms with E-state index in [0.29, 0.717) is 10.2 Å². The molecule has 2 heterocycles. The molecule has 8 heteroatoms. The van der Waals surface area contributed by atoms with Crippen molar-refractivity contribution < 1.29 is 4.79 Å². The van der Waals surface area contributed by atoms with Crippen LogP contribution in [0.15, 0.2) is 53.3 Å². The number of aromatic nitrogens is 3. The molecule has 0 aliphatic rings. The van der Waals surface area contributed by atoms with Gasteiger partial charge in [-0.3, -0.25) is 13.9 Å². The van der Waals surface area contributed by atoms with E-state index >= 15 is 0 Å². The van der Waals surface area contributed by atoms with Gasteiger partial charge in [0.25, 0.3) is 0 Å². The van der Waals surface area contributed by atoms with Crippen LogP contribution in [0.1, 0.15) is 4.88 Å². The number of benzene rings is 2. The topological polar surface area (TPSA) is 68.9 Å². The molecule has 0 radical (unpaired) electrons. The second-order valence-corrected chi connectivity index (χ2v) is 8.03. The highest BCUT2D eigenvalue weighted by Gasteiger charge is 2.16.